The molecule has 3 aliphatic rings. The second-order valence-electron chi connectivity index (χ2n) is 9.63. The van der Waals surface area contributed by atoms with Crippen LogP contribution in [0, 0.1) is 0 Å². The van der Waals surface area contributed by atoms with E-state index in [2.05, 4.69) is 15.5 Å². The number of likely N-dealkylation sites (tertiary alicyclic amines) is 1. The van der Waals surface area contributed by atoms with Crippen LogP contribution >= 0.6 is 23.1 Å². The lowest BCUT2D eigenvalue weighted by molar-refractivity contribution is -0.150. The first-order valence-electron chi connectivity index (χ1n) is 13.1. The average Bonchev–Trinajstić information content (AvgIpc) is 3.61. The number of nitrogens with zero attached hydrogens (tertiary/aromatic N) is 4. The van der Waals surface area contributed by atoms with Gasteiger partial charge in [-0.05, 0) is 42.3 Å². The first kappa shape index (κ1) is 31.2. The Bertz CT molecular complexity index is 1700. The molecule has 5 N–H and O–H groups in total. The molecule has 0 radical (unpaired) electrons. The number of amides is 4. The number of rotatable bonds is 10. The molecule has 18 heteroatoms. The molecule has 0 aliphatic carbocycles. The van der Waals surface area contributed by atoms with Crippen LogP contribution < -0.4 is 15.8 Å². The second kappa shape index (κ2) is 12.8. The van der Waals surface area contributed by atoms with Crippen LogP contribution in [-0.4, -0.2) is 104 Å². The minimum Gasteiger partial charge on any atom is -0.497 e. The number of fused-ring (bicyclic) bond motifs is 1. The van der Waals surface area contributed by atoms with Gasteiger partial charge in [0.05, 0.1) is 7.11 Å². The maximum atomic E-state index is 13.2. The number of thioether (sulfide) groups is 1. The molecular formula is C27H24N6O10S2. The summed E-state index contributed by atoms with van der Waals surface area (Å²) >= 11 is 2.15. The fourth-order valence-corrected chi connectivity index (χ4v) is 6.61. The number of ether oxygens (including phenoxy) is 1. The highest BCUT2D eigenvalue weighted by atomic mass is 32.2. The Hall–Kier alpha value is -5.23. The molecule has 1 aromatic heterocycles. The number of anilines is 1. The third-order valence-corrected chi connectivity index (χ3v) is 8.84. The van der Waals surface area contributed by atoms with Crippen molar-refractivity contribution in [3.8, 4) is 5.75 Å². The van der Waals surface area contributed by atoms with E-state index in [-0.39, 0.29) is 52.0 Å². The van der Waals surface area contributed by atoms with Crippen LogP contribution in [0.3, 0.4) is 0 Å². The van der Waals surface area contributed by atoms with E-state index in [0.717, 1.165) is 32.9 Å². The lowest BCUT2D eigenvalue weighted by Gasteiger charge is -2.49. The molecule has 2 saturated heterocycles. The van der Waals surface area contributed by atoms with Gasteiger partial charge in [-0.1, -0.05) is 5.16 Å². The highest BCUT2D eigenvalue weighted by Crippen LogP contribution is 2.41. The number of carbonyl (C=O) groups excluding carboxylic acids is 4. The number of β-lactam (4-membered cyclic amide) rings is 1. The predicted octanol–water partition coefficient (Wildman–Crippen LogP) is 0.277. The van der Waals surface area contributed by atoms with Crippen LogP contribution in [0.15, 0.2) is 57.7 Å². The number of nitrogens with one attached hydrogen (secondary N) is 1. The molecule has 4 amide bonds. The Kier molecular flexibility index (Phi) is 8.87. The van der Waals surface area contributed by atoms with Crippen molar-refractivity contribution in [3.63, 3.8) is 0 Å². The van der Waals surface area contributed by atoms with Crippen LogP contribution in [0.25, 0.3) is 0 Å². The molecule has 3 aliphatic heterocycles. The van der Waals surface area contributed by atoms with E-state index in [9.17, 15) is 33.9 Å². The van der Waals surface area contributed by atoms with Crippen molar-refractivity contribution in [1.82, 2.24) is 20.1 Å². The number of oxime groups is 1. The van der Waals surface area contributed by atoms with E-state index < -0.39 is 59.3 Å². The summed E-state index contributed by atoms with van der Waals surface area (Å²) in [7, 11) is 1.49. The number of imide groups is 1. The number of thiazole rings is 1. The lowest BCUT2D eigenvalue weighted by atomic mass is 10.0. The largest absolute Gasteiger partial charge is 0.497 e. The number of allylic oxidation sites excluding steroid dienone is 1. The first-order valence-corrected chi connectivity index (χ1v) is 15.0. The summed E-state index contributed by atoms with van der Waals surface area (Å²) in [5, 5.41) is 25.6. The summed E-state index contributed by atoms with van der Waals surface area (Å²) < 4.78 is 5.09. The molecule has 0 unspecified atom stereocenters. The Morgan fingerprint density at radius 1 is 1.20 bits per heavy atom. The van der Waals surface area contributed by atoms with E-state index in [4.69, 9.17) is 20.4 Å². The van der Waals surface area contributed by atoms with Gasteiger partial charge in [0.1, 0.15) is 28.6 Å². The third kappa shape index (κ3) is 6.22. The summed E-state index contributed by atoms with van der Waals surface area (Å²) in [5.74, 6) is -4.85. The molecule has 1 aromatic carbocycles. The van der Waals surface area contributed by atoms with Gasteiger partial charge in [-0.3, -0.25) is 29.0 Å². The van der Waals surface area contributed by atoms with Gasteiger partial charge in [-0.25, -0.2) is 14.6 Å². The van der Waals surface area contributed by atoms with Gasteiger partial charge < -0.3 is 30.8 Å². The Morgan fingerprint density at radius 2 is 1.93 bits per heavy atom. The zero-order valence-corrected chi connectivity index (χ0v) is 24.9. The second-order valence-corrected chi connectivity index (χ2v) is 11.6. The molecule has 2 fully saturated rings. The van der Waals surface area contributed by atoms with E-state index in [1.807, 2.05) is 0 Å². The molecule has 0 bridgehead atoms. The molecular weight excluding hydrogens is 632 g/mol. The molecule has 2 aromatic rings. The smallest absolute Gasteiger partial charge is 0.352 e. The summed E-state index contributed by atoms with van der Waals surface area (Å²) in [6, 6.07) is 5.11. The fraction of sp³-hybridized carbons (Fsp3) is 0.259. The van der Waals surface area contributed by atoms with Crippen LogP contribution in [0.2, 0.25) is 0 Å². The van der Waals surface area contributed by atoms with Gasteiger partial charge in [-0.15, -0.1) is 23.1 Å². The van der Waals surface area contributed by atoms with Gasteiger partial charge in [0.25, 0.3) is 23.6 Å². The van der Waals surface area contributed by atoms with Gasteiger partial charge in [0.2, 0.25) is 6.61 Å². The van der Waals surface area contributed by atoms with E-state index in [1.54, 1.807) is 12.1 Å². The highest BCUT2D eigenvalue weighted by molar-refractivity contribution is 8.00. The Labute approximate surface area is 262 Å². The van der Waals surface area contributed by atoms with Gasteiger partial charge >= 0.3 is 11.9 Å². The van der Waals surface area contributed by atoms with Gasteiger partial charge in [0.15, 0.2) is 10.8 Å². The van der Waals surface area contributed by atoms with Crippen molar-refractivity contribution < 1.29 is 48.6 Å². The third-order valence-electron chi connectivity index (χ3n) is 6.87. The number of hydrogen-bond acceptors (Lipinski definition) is 13. The number of carbonyl (C=O) groups is 6. The minimum atomic E-state index is -1.41. The topological polar surface area (TPSA) is 231 Å². The number of benzene rings is 1. The van der Waals surface area contributed by atoms with Crippen molar-refractivity contribution in [2.45, 2.75) is 17.8 Å². The molecule has 2 atom stereocenters. The number of aromatic nitrogens is 1. The number of methoxy groups -OCH3 is 1. The molecule has 0 spiro atoms. The predicted molar refractivity (Wildman–Crippen MR) is 158 cm³/mol. The fourth-order valence-electron chi connectivity index (χ4n) is 4.76. The molecule has 45 heavy (non-hydrogen) atoms. The van der Waals surface area contributed by atoms with Crippen molar-refractivity contribution >= 4 is 69.5 Å². The normalized spacial score (nSPS) is 20.6. The van der Waals surface area contributed by atoms with E-state index in [1.165, 1.54) is 30.7 Å². The van der Waals surface area contributed by atoms with Crippen molar-refractivity contribution in [2.75, 3.05) is 31.7 Å². The lowest BCUT2D eigenvalue weighted by Crippen LogP contribution is -2.71. The molecule has 16 nitrogen and oxygen atoms in total. The van der Waals surface area contributed by atoms with Crippen molar-refractivity contribution in [1.29, 1.82) is 0 Å². The zero-order chi connectivity index (χ0) is 32.4. The minimum absolute atomic E-state index is 0.0129. The summed E-state index contributed by atoms with van der Waals surface area (Å²) in [4.78, 5) is 86.2. The quantitative estimate of drug-likeness (QED) is 0.0886. The van der Waals surface area contributed by atoms with E-state index >= 15 is 0 Å². The monoisotopic (exact) mass is 656 g/mol. The van der Waals surface area contributed by atoms with Gasteiger partial charge in [-0.2, -0.15) is 0 Å². The number of nitrogen functional groups attached to an aromatic ring is 1. The summed E-state index contributed by atoms with van der Waals surface area (Å²) in [6.45, 7) is -0.742. The number of carboxylic acids is 2. The summed E-state index contributed by atoms with van der Waals surface area (Å²) in [5.41, 5.74) is 5.55. The maximum absolute atomic E-state index is 13.2. The van der Waals surface area contributed by atoms with E-state index in [0.29, 0.717) is 5.75 Å². The average molecular weight is 657 g/mol. The van der Waals surface area contributed by atoms with Crippen LogP contribution in [0.1, 0.15) is 22.5 Å². The number of carboxylic acid groups (broad SMARTS) is 2. The zero-order valence-electron chi connectivity index (χ0n) is 23.3. The molecule has 5 rings (SSSR count). The SMILES string of the molecule is COc1ccc(C(=O)N2CCC(=CC3=C(C(=O)O)N4C(=O)[C@@H](NC(=O)/C(=N\OCC(=O)O)c5csc(N)n5)[C@H]4SC3)C2=O)cc1. The van der Waals surface area contributed by atoms with Crippen molar-refractivity contribution in [2.24, 2.45) is 5.16 Å². The Morgan fingerprint density at radius 3 is 2.56 bits per heavy atom. The van der Waals surface area contributed by atoms with Crippen LogP contribution in [0.4, 0.5) is 5.13 Å². The molecule has 0 saturated carbocycles. The van der Waals surface area contributed by atoms with Crippen LogP contribution in [-0.2, 0) is 28.8 Å². The maximum Gasteiger partial charge on any atom is 0.352 e. The van der Waals surface area contributed by atoms with Gasteiger partial charge in [0, 0.05) is 28.8 Å². The first-order chi connectivity index (χ1) is 21.5. The molecule has 4 heterocycles. The van der Waals surface area contributed by atoms with Crippen molar-refractivity contribution in [3.05, 3.63) is 63.8 Å². The number of hydrogen-bond donors (Lipinski definition) is 4. The standard InChI is InChI=1S/C27H24N6O10S2/c1-42-15-4-2-12(3-5-15)22(37)32-7-6-13(23(32)38)8-14-10-44-25-19(24(39)33(25)20(14)26(40)41)30-21(36)18(31-43-9-17(34)35)16-11-45-27(28)29-16/h2-5,8,11,19,25H,6-7,9-10H2,1H3,(H2,28,29)(H,30,36)(H,34,35)(H,40,41)/b13-8?,31-18-/t19-,25-/m1/s1. The Balaban J connectivity index is 1.32. The number of nitrogens with two attached hydrogens (primary N) is 1. The molecule has 234 valence electrons. The van der Waals surface area contributed by atoms with Crippen LogP contribution in [0.5, 0.6) is 5.75 Å². The number of aliphatic carboxylic acids is 2. The highest BCUT2D eigenvalue weighted by Gasteiger charge is 2.54. The summed E-state index contributed by atoms with van der Waals surface area (Å²) in [6.07, 6.45) is 1.58.